The van der Waals surface area contributed by atoms with E-state index < -0.39 is 5.91 Å². The first-order valence-electron chi connectivity index (χ1n) is 10.1. The van der Waals surface area contributed by atoms with Crippen molar-refractivity contribution in [2.24, 2.45) is 16.1 Å². The number of ether oxygens (including phenoxy) is 1. The topological polar surface area (TPSA) is 102 Å². The van der Waals surface area contributed by atoms with Crippen LogP contribution < -0.4 is 16.4 Å². The standard InChI is InChI=1S/C20H32N4O3.HI/c1-3-22-19(23-13-14-8-9-15(27-14)18(21)25)24-16-12-17(26-4-2)20(16)10-6-5-7-11-20;/h8-9,16-17H,3-7,10-13H2,1-2H3,(H2,21,25)(H2,22,23,24);1H. The maximum Gasteiger partial charge on any atom is 0.284 e. The highest BCUT2D eigenvalue weighted by Gasteiger charge is 2.55. The number of carbonyl (C=O) groups excluding carboxylic acids is 1. The van der Waals surface area contributed by atoms with E-state index in [0.29, 0.717) is 24.5 Å². The van der Waals surface area contributed by atoms with Gasteiger partial charge in [-0.2, -0.15) is 0 Å². The molecule has 1 aromatic heterocycles. The molecule has 0 radical (unpaired) electrons. The minimum absolute atomic E-state index is 0. The maximum atomic E-state index is 11.2. The van der Waals surface area contributed by atoms with E-state index in [1.54, 1.807) is 12.1 Å². The van der Waals surface area contributed by atoms with Crippen molar-refractivity contribution in [1.29, 1.82) is 0 Å². The second-order valence-electron chi connectivity index (χ2n) is 7.50. The van der Waals surface area contributed by atoms with Crippen LogP contribution in [0.4, 0.5) is 0 Å². The number of hydrogen-bond acceptors (Lipinski definition) is 4. The zero-order valence-corrected chi connectivity index (χ0v) is 19.2. The van der Waals surface area contributed by atoms with Gasteiger partial charge in [-0.15, -0.1) is 24.0 Å². The molecule has 8 heteroatoms. The number of guanidine groups is 1. The van der Waals surface area contributed by atoms with E-state index in [0.717, 1.165) is 25.5 Å². The van der Waals surface area contributed by atoms with E-state index in [-0.39, 0.29) is 35.2 Å². The van der Waals surface area contributed by atoms with Gasteiger partial charge in [-0.25, -0.2) is 4.99 Å². The second-order valence-corrected chi connectivity index (χ2v) is 7.50. The number of amides is 1. The Labute approximate surface area is 184 Å². The SMILES string of the molecule is CCNC(=NCc1ccc(C(N)=O)o1)NC1CC(OCC)C12CCCCC2.I. The Morgan fingerprint density at radius 1 is 1.32 bits per heavy atom. The summed E-state index contributed by atoms with van der Waals surface area (Å²) in [4.78, 5) is 15.8. The van der Waals surface area contributed by atoms with Crippen LogP contribution in [0.2, 0.25) is 0 Å². The van der Waals surface area contributed by atoms with Crippen molar-refractivity contribution >= 4 is 35.8 Å². The van der Waals surface area contributed by atoms with Crippen LogP contribution in [0, 0.1) is 5.41 Å². The minimum atomic E-state index is -0.564. The van der Waals surface area contributed by atoms with Crippen LogP contribution in [-0.2, 0) is 11.3 Å². The van der Waals surface area contributed by atoms with E-state index >= 15 is 0 Å². The lowest BCUT2D eigenvalue weighted by Gasteiger charge is -2.57. The van der Waals surface area contributed by atoms with Crippen molar-refractivity contribution in [3.63, 3.8) is 0 Å². The normalized spacial score (nSPS) is 23.6. The van der Waals surface area contributed by atoms with E-state index in [2.05, 4.69) is 29.5 Å². The molecule has 1 amide bonds. The predicted molar refractivity (Wildman–Crippen MR) is 120 cm³/mol. The van der Waals surface area contributed by atoms with E-state index in [9.17, 15) is 4.79 Å². The second kappa shape index (κ2) is 10.5. The van der Waals surface area contributed by atoms with E-state index in [4.69, 9.17) is 14.9 Å². The van der Waals surface area contributed by atoms with Gasteiger partial charge in [0.05, 0.1) is 6.10 Å². The van der Waals surface area contributed by atoms with Gasteiger partial charge in [0.15, 0.2) is 11.7 Å². The van der Waals surface area contributed by atoms with Crippen molar-refractivity contribution < 1.29 is 13.9 Å². The van der Waals surface area contributed by atoms with Gasteiger partial charge in [0.1, 0.15) is 12.3 Å². The Morgan fingerprint density at radius 2 is 2.07 bits per heavy atom. The first-order chi connectivity index (χ1) is 13.1. The van der Waals surface area contributed by atoms with Crippen molar-refractivity contribution in [2.45, 2.75) is 71.1 Å². The summed E-state index contributed by atoms with van der Waals surface area (Å²) in [6, 6.07) is 3.71. The van der Waals surface area contributed by atoms with E-state index in [1.807, 2.05) is 0 Å². The highest BCUT2D eigenvalue weighted by Crippen LogP contribution is 2.53. The lowest BCUT2D eigenvalue weighted by atomic mass is 9.55. The van der Waals surface area contributed by atoms with Gasteiger partial charge in [-0.05, 0) is 45.2 Å². The lowest BCUT2D eigenvalue weighted by Crippen LogP contribution is -2.66. The third-order valence-electron chi connectivity index (χ3n) is 5.89. The van der Waals surface area contributed by atoms with Crippen LogP contribution >= 0.6 is 24.0 Å². The number of aliphatic imine (C=N–C) groups is 1. The van der Waals surface area contributed by atoms with Gasteiger partial charge in [-0.1, -0.05) is 19.3 Å². The Kier molecular flexibility index (Phi) is 8.60. The molecule has 158 valence electrons. The van der Waals surface area contributed by atoms with Crippen molar-refractivity contribution in [2.75, 3.05) is 13.2 Å². The summed E-state index contributed by atoms with van der Waals surface area (Å²) in [6.07, 6.45) is 7.68. The Balaban J connectivity index is 0.00000280. The van der Waals surface area contributed by atoms with Gasteiger partial charge < -0.3 is 25.5 Å². The summed E-state index contributed by atoms with van der Waals surface area (Å²) >= 11 is 0. The highest BCUT2D eigenvalue weighted by molar-refractivity contribution is 14.0. The molecule has 2 atom stereocenters. The molecule has 1 heterocycles. The molecule has 28 heavy (non-hydrogen) atoms. The number of nitrogens with zero attached hydrogens (tertiary/aromatic N) is 1. The summed E-state index contributed by atoms with van der Waals surface area (Å²) in [5, 5.41) is 6.94. The highest BCUT2D eigenvalue weighted by atomic mass is 127. The largest absolute Gasteiger partial charge is 0.454 e. The van der Waals surface area contributed by atoms with Crippen molar-refractivity contribution in [1.82, 2.24) is 10.6 Å². The average molecular weight is 504 g/mol. The van der Waals surface area contributed by atoms with Gasteiger partial charge >= 0.3 is 0 Å². The number of rotatable bonds is 7. The van der Waals surface area contributed by atoms with Gasteiger partial charge in [0.2, 0.25) is 0 Å². The zero-order valence-electron chi connectivity index (χ0n) is 16.8. The Hall–Kier alpha value is -1.29. The molecule has 4 N–H and O–H groups in total. The summed E-state index contributed by atoms with van der Waals surface area (Å²) in [5.74, 6) is 0.998. The van der Waals surface area contributed by atoms with Crippen molar-refractivity contribution in [3.05, 3.63) is 23.7 Å². The van der Waals surface area contributed by atoms with Crippen molar-refractivity contribution in [3.8, 4) is 0 Å². The monoisotopic (exact) mass is 504 g/mol. The fraction of sp³-hybridized carbons (Fsp3) is 0.700. The molecular weight excluding hydrogens is 471 g/mol. The fourth-order valence-electron chi connectivity index (χ4n) is 4.50. The third kappa shape index (κ3) is 5.00. The molecule has 1 spiro atoms. The molecule has 0 aliphatic heterocycles. The number of halogens is 1. The molecule has 2 aliphatic rings. The fourth-order valence-corrected chi connectivity index (χ4v) is 4.50. The summed E-state index contributed by atoms with van der Waals surface area (Å²) < 4.78 is 11.5. The quantitative estimate of drug-likeness (QED) is 0.301. The first-order valence-corrected chi connectivity index (χ1v) is 10.1. The van der Waals surface area contributed by atoms with Crippen LogP contribution in [0.5, 0.6) is 0 Å². The first kappa shape index (κ1) is 23.0. The molecule has 0 aromatic carbocycles. The molecule has 0 bridgehead atoms. The van der Waals surface area contributed by atoms with Gasteiger partial charge in [0, 0.05) is 24.6 Å². The molecule has 7 nitrogen and oxygen atoms in total. The molecule has 2 saturated carbocycles. The van der Waals surface area contributed by atoms with Crippen LogP contribution in [0.1, 0.15) is 68.7 Å². The van der Waals surface area contributed by atoms with Crippen LogP contribution in [0.15, 0.2) is 21.5 Å². The third-order valence-corrected chi connectivity index (χ3v) is 5.89. The number of hydrogen-bond donors (Lipinski definition) is 3. The smallest absolute Gasteiger partial charge is 0.284 e. The minimum Gasteiger partial charge on any atom is -0.454 e. The molecule has 3 rings (SSSR count). The molecule has 1 aromatic rings. The van der Waals surface area contributed by atoms with Crippen LogP contribution in [-0.4, -0.2) is 37.2 Å². The number of nitrogens with two attached hydrogens (primary N) is 1. The molecular formula is C20H33IN4O3. The lowest BCUT2D eigenvalue weighted by molar-refractivity contribution is -0.145. The predicted octanol–water partition coefficient (Wildman–Crippen LogP) is 3.18. The number of primary amides is 1. The zero-order chi connectivity index (χ0) is 19.3. The number of carbonyl (C=O) groups is 1. The maximum absolute atomic E-state index is 11.2. The molecule has 2 fully saturated rings. The van der Waals surface area contributed by atoms with Gasteiger partial charge in [0.25, 0.3) is 5.91 Å². The van der Waals surface area contributed by atoms with E-state index in [1.165, 1.54) is 32.1 Å². The average Bonchev–Trinajstić information content (AvgIpc) is 3.15. The Bertz CT molecular complexity index is 670. The van der Waals surface area contributed by atoms with Gasteiger partial charge in [-0.3, -0.25) is 4.79 Å². The molecule has 2 aliphatic carbocycles. The van der Waals surface area contributed by atoms with Crippen LogP contribution in [0.25, 0.3) is 0 Å². The molecule has 2 unspecified atom stereocenters. The number of furan rings is 1. The Morgan fingerprint density at radius 3 is 2.68 bits per heavy atom. The van der Waals surface area contributed by atoms with Crippen LogP contribution in [0.3, 0.4) is 0 Å². The number of nitrogens with one attached hydrogen (secondary N) is 2. The molecule has 0 saturated heterocycles. The summed E-state index contributed by atoms with van der Waals surface area (Å²) in [5.41, 5.74) is 5.46. The summed E-state index contributed by atoms with van der Waals surface area (Å²) in [6.45, 7) is 6.04. The summed E-state index contributed by atoms with van der Waals surface area (Å²) in [7, 11) is 0.